The first-order chi connectivity index (χ1) is 0. The second-order valence-electron chi connectivity index (χ2n) is 0. The quantitative estimate of drug-likeness (QED) is 0.331. The molecule has 0 bridgehead atoms. The predicted octanol–water partition coefficient (Wildman–Crippen LogP) is -2.41. The Morgan fingerprint density at radius 2 is 0.750 bits per heavy atom. The second kappa shape index (κ2) is 24.8. The van der Waals surface area contributed by atoms with Gasteiger partial charge in [-0.2, -0.15) is 0 Å². The molecular weight excluding hydrogens is 130 g/mol. The van der Waals surface area contributed by atoms with Gasteiger partial charge in [0.1, 0.15) is 0 Å². The van der Waals surface area contributed by atoms with Gasteiger partial charge in [-0.05, 0) is 0 Å². The van der Waals surface area contributed by atoms with Crippen molar-refractivity contribution in [1.82, 2.24) is 0 Å². The van der Waals surface area contributed by atoms with Gasteiger partial charge in [0.25, 0.3) is 0 Å². The van der Waals surface area contributed by atoms with E-state index >= 15 is 0 Å². The maximum atomic E-state index is 0. The second-order valence-corrected chi connectivity index (χ2v) is 0. The van der Waals surface area contributed by atoms with Crippen LogP contribution in [0, 0.1) is 0 Å². The topological polar surface area (TPSA) is 63.0 Å². The first-order valence-corrected chi connectivity index (χ1v) is 0. The van der Waals surface area contributed by atoms with Gasteiger partial charge in [-0.15, -0.1) is 0 Å². The maximum absolute atomic E-state index is 0. The Balaban J connectivity index is 0. The molecule has 4 heavy (non-hydrogen) atoms. The summed E-state index contributed by atoms with van der Waals surface area (Å²) in [7, 11) is 0. The van der Waals surface area contributed by atoms with E-state index in [1.807, 2.05) is 0 Å². The molecule has 4 N–H and O–H groups in total. The van der Waals surface area contributed by atoms with Gasteiger partial charge in [0.2, 0.25) is 0 Å². The molecule has 0 fully saturated rings. The normalized spacial score (nSPS) is 0. The van der Waals surface area contributed by atoms with E-state index in [0.717, 1.165) is 0 Å². The molecule has 0 aliphatic heterocycles. The van der Waals surface area contributed by atoms with E-state index in [2.05, 4.69) is 0 Å². The van der Waals surface area contributed by atoms with Crippen LogP contribution in [0.5, 0.6) is 0 Å². The number of hydrogen-bond donors (Lipinski definition) is 0. The van der Waals surface area contributed by atoms with E-state index in [1.165, 1.54) is 0 Å². The van der Waals surface area contributed by atoms with Crippen LogP contribution in [-0.4, -0.2) is 58.5 Å². The fourth-order valence-electron chi connectivity index (χ4n) is 0. The summed E-state index contributed by atoms with van der Waals surface area (Å²) in [5.41, 5.74) is 0. The average molecular weight is 134 g/mol. The van der Waals surface area contributed by atoms with Gasteiger partial charge < -0.3 is 11.0 Å². The van der Waals surface area contributed by atoms with E-state index < -0.39 is 0 Å². The Morgan fingerprint density at radius 1 is 0.750 bits per heavy atom. The third-order valence-corrected chi connectivity index (χ3v) is 0. The molecule has 0 saturated carbocycles. The van der Waals surface area contributed by atoms with Crippen molar-refractivity contribution in [2.24, 2.45) is 0 Å². The van der Waals surface area contributed by atoms with Crippen molar-refractivity contribution in [3.63, 3.8) is 0 Å². The van der Waals surface area contributed by atoms with Crippen LogP contribution in [0.3, 0.4) is 0 Å². The number of hydrogen-bond acceptors (Lipinski definition) is 0. The summed E-state index contributed by atoms with van der Waals surface area (Å²) < 4.78 is 0. The smallest absolute Gasteiger partial charge is 0 e. The molecule has 2 nitrogen and oxygen atoms in total. The Bertz CT molecular complexity index is 6.00. The summed E-state index contributed by atoms with van der Waals surface area (Å²) in [6, 6.07) is 0. The molecule has 0 aromatic carbocycles. The molecule has 0 aromatic heterocycles. The molecule has 4 radical (unpaired) electrons. The zero-order valence-electron chi connectivity index (χ0n) is 2.45. The fraction of sp³-hybridized carbons (Fsp3) is 0. The summed E-state index contributed by atoms with van der Waals surface area (Å²) in [6.07, 6.45) is 0. The summed E-state index contributed by atoms with van der Waals surface area (Å²) in [5.74, 6) is 0. The first-order valence-electron chi connectivity index (χ1n) is 0. The molecule has 0 unspecified atom stereocenters. The van der Waals surface area contributed by atoms with Crippen molar-refractivity contribution in [3.05, 3.63) is 0 Å². The SMILES string of the molecule is O.O.[As].[Na]. The van der Waals surface area contributed by atoms with Gasteiger partial charge in [-0.25, -0.2) is 0 Å². The van der Waals surface area contributed by atoms with E-state index in [9.17, 15) is 0 Å². The number of rotatable bonds is 0. The first kappa shape index (κ1) is 50.3. The molecule has 0 atom stereocenters. The molecular formula is H4AsNaO2. The van der Waals surface area contributed by atoms with E-state index in [-0.39, 0.29) is 58.5 Å². The van der Waals surface area contributed by atoms with Crippen LogP contribution in [0.2, 0.25) is 0 Å². The summed E-state index contributed by atoms with van der Waals surface area (Å²) in [5, 5.41) is 0. The molecule has 0 rings (SSSR count). The van der Waals surface area contributed by atoms with Crippen molar-refractivity contribution in [3.8, 4) is 0 Å². The molecule has 0 aromatic rings. The van der Waals surface area contributed by atoms with Crippen LogP contribution in [-0.2, 0) is 0 Å². The Hall–Kier alpha value is 1.48. The molecule has 0 heterocycles. The van der Waals surface area contributed by atoms with Crippen LogP contribution < -0.4 is 0 Å². The summed E-state index contributed by atoms with van der Waals surface area (Å²) in [6.45, 7) is 0. The minimum atomic E-state index is 0. The van der Waals surface area contributed by atoms with Crippen molar-refractivity contribution >= 4 is 47.5 Å². The van der Waals surface area contributed by atoms with Crippen molar-refractivity contribution in [2.75, 3.05) is 0 Å². The Labute approximate surface area is 58.2 Å². The predicted molar refractivity (Wildman–Crippen MR) is 18.7 cm³/mol. The van der Waals surface area contributed by atoms with Crippen molar-refractivity contribution in [1.29, 1.82) is 0 Å². The van der Waals surface area contributed by atoms with Gasteiger partial charge in [0.05, 0.1) is 0 Å². The van der Waals surface area contributed by atoms with Gasteiger partial charge >= 0.3 is 0 Å². The zero-order valence-corrected chi connectivity index (χ0v) is 6.32. The Morgan fingerprint density at radius 3 is 0.750 bits per heavy atom. The van der Waals surface area contributed by atoms with E-state index in [0.29, 0.717) is 0 Å². The average Bonchev–Trinajstić information content (AvgIpc) is 0. The van der Waals surface area contributed by atoms with Gasteiger partial charge in [-0.3, -0.25) is 0 Å². The van der Waals surface area contributed by atoms with Gasteiger partial charge in [0.15, 0.2) is 0 Å². The molecule has 4 heteroatoms. The van der Waals surface area contributed by atoms with Crippen molar-refractivity contribution in [2.45, 2.75) is 0 Å². The molecule has 0 aliphatic rings. The maximum Gasteiger partial charge on any atom is 0 e. The van der Waals surface area contributed by atoms with Crippen LogP contribution in [0.4, 0.5) is 0 Å². The van der Waals surface area contributed by atoms with Crippen LogP contribution >= 0.6 is 0 Å². The molecule has 0 aliphatic carbocycles. The molecule has 0 saturated heterocycles. The fourth-order valence-corrected chi connectivity index (χ4v) is 0. The summed E-state index contributed by atoms with van der Waals surface area (Å²) >= 11 is 0. The third-order valence-electron chi connectivity index (χ3n) is 0. The third kappa shape index (κ3) is 9.78. The van der Waals surface area contributed by atoms with Crippen molar-refractivity contribution < 1.29 is 11.0 Å². The molecule has 0 spiro atoms. The van der Waals surface area contributed by atoms with Gasteiger partial charge in [0, 0.05) is 47.5 Å². The standard InChI is InChI=1S/As.Na.2H2O/h;;2*1H2. The summed E-state index contributed by atoms with van der Waals surface area (Å²) in [4.78, 5) is 0. The minimum Gasteiger partial charge on any atom is -0.412 e. The Kier molecular flexibility index (Phi) is 312. The molecule has 22 valence electrons. The monoisotopic (exact) mass is 134 g/mol. The van der Waals surface area contributed by atoms with Crippen LogP contribution in [0.25, 0.3) is 0 Å². The minimum absolute atomic E-state index is 0. The largest absolute Gasteiger partial charge is 0.412 e. The molecule has 0 amide bonds. The van der Waals surface area contributed by atoms with E-state index in [4.69, 9.17) is 0 Å². The van der Waals surface area contributed by atoms with Gasteiger partial charge in [-0.1, -0.05) is 0 Å². The van der Waals surface area contributed by atoms with E-state index in [1.54, 1.807) is 0 Å². The zero-order chi connectivity index (χ0) is 0. The van der Waals surface area contributed by atoms with Crippen LogP contribution in [0.1, 0.15) is 0 Å². The van der Waals surface area contributed by atoms with Crippen LogP contribution in [0.15, 0.2) is 0 Å².